The SMILES string of the molecule is CCCn1nc(C(=O)OCc2ccc(C(=O)Nc3ccccc3)cc2)c2ccccc2c1=O. The van der Waals surface area contributed by atoms with Crippen LogP contribution in [0.15, 0.2) is 83.7 Å². The molecule has 0 aliphatic rings. The minimum atomic E-state index is -0.609. The summed E-state index contributed by atoms with van der Waals surface area (Å²) in [5.74, 6) is -0.833. The number of fused-ring (bicyclic) bond motifs is 1. The Morgan fingerprint density at radius 3 is 2.27 bits per heavy atom. The van der Waals surface area contributed by atoms with Crippen LogP contribution in [0.3, 0.4) is 0 Å². The predicted octanol–water partition coefficient (Wildman–Crippen LogP) is 4.42. The van der Waals surface area contributed by atoms with Crippen LogP contribution in [0, 0.1) is 0 Å². The van der Waals surface area contributed by atoms with Gasteiger partial charge in [-0.1, -0.05) is 55.5 Å². The summed E-state index contributed by atoms with van der Waals surface area (Å²) >= 11 is 0. The zero-order valence-corrected chi connectivity index (χ0v) is 18.2. The van der Waals surface area contributed by atoms with Gasteiger partial charge >= 0.3 is 5.97 Å². The Kier molecular flexibility index (Phi) is 6.59. The fourth-order valence-electron chi connectivity index (χ4n) is 3.44. The fourth-order valence-corrected chi connectivity index (χ4v) is 3.44. The van der Waals surface area contributed by atoms with Gasteiger partial charge in [0.25, 0.3) is 11.5 Å². The number of esters is 1. The van der Waals surface area contributed by atoms with Crippen LogP contribution in [-0.2, 0) is 17.9 Å². The Balaban J connectivity index is 1.47. The average molecular weight is 441 g/mol. The van der Waals surface area contributed by atoms with E-state index in [0.717, 1.165) is 5.56 Å². The van der Waals surface area contributed by atoms with E-state index in [-0.39, 0.29) is 23.8 Å². The Bertz CT molecular complexity index is 1350. The summed E-state index contributed by atoms with van der Waals surface area (Å²) in [5.41, 5.74) is 1.81. The van der Waals surface area contributed by atoms with E-state index < -0.39 is 5.97 Å². The van der Waals surface area contributed by atoms with E-state index in [1.54, 1.807) is 48.5 Å². The topological polar surface area (TPSA) is 90.3 Å². The van der Waals surface area contributed by atoms with Crippen molar-refractivity contribution in [2.45, 2.75) is 26.5 Å². The number of ether oxygens (including phenoxy) is 1. The van der Waals surface area contributed by atoms with Crippen molar-refractivity contribution in [3.8, 4) is 0 Å². The monoisotopic (exact) mass is 441 g/mol. The number of amides is 1. The van der Waals surface area contributed by atoms with Crippen LogP contribution in [0.5, 0.6) is 0 Å². The first-order valence-electron chi connectivity index (χ1n) is 10.7. The van der Waals surface area contributed by atoms with Gasteiger partial charge in [-0.05, 0) is 42.3 Å². The zero-order valence-electron chi connectivity index (χ0n) is 18.2. The molecule has 0 aliphatic carbocycles. The molecular formula is C26H23N3O4. The van der Waals surface area contributed by atoms with Gasteiger partial charge in [0.2, 0.25) is 0 Å². The lowest BCUT2D eigenvalue weighted by atomic mass is 10.1. The highest BCUT2D eigenvalue weighted by Gasteiger charge is 2.18. The molecular weight excluding hydrogens is 418 g/mol. The number of carbonyl (C=O) groups is 2. The normalized spacial score (nSPS) is 10.7. The number of aryl methyl sites for hydroxylation is 1. The third-order valence-electron chi connectivity index (χ3n) is 5.11. The molecule has 0 saturated carbocycles. The summed E-state index contributed by atoms with van der Waals surface area (Å²) in [7, 11) is 0. The third kappa shape index (κ3) is 4.98. The third-order valence-corrected chi connectivity index (χ3v) is 5.11. The van der Waals surface area contributed by atoms with Crippen molar-refractivity contribution in [2.24, 2.45) is 0 Å². The molecule has 0 aliphatic heterocycles. The molecule has 1 N–H and O–H groups in total. The maximum absolute atomic E-state index is 12.8. The number of anilines is 1. The lowest BCUT2D eigenvalue weighted by Gasteiger charge is -2.11. The minimum absolute atomic E-state index is 0.0162. The highest BCUT2D eigenvalue weighted by molar-refractivity contribution is 6.04. The van der Waals surface area contributed by atoms with Gasteiger partial charge in [0.05, 0.1) is 5.39 Å². The van der Waals surface area contributed by atoms with Gasteiger partial charge in [0, 0.05) is 23.2 Å². The second-order valence-electron chi connectivity index (χ2n) is 7.52. The van der Waals surface area contributed by atoms with Crippen molar-refractivity contribution in [2.75, 3.05) is 5.32 Å². The van der Waals surface area contributed by atoms with Crippen LogP contribution in [0.2, 0.25) is 0 Å². The van der Waals surface area contributed by atoms with E-state index in [4.69, 9.17) is 4.74 Å². The molecule has 3 aromatic carbocycles. The molecule has 1 heterocycles. The summed E-state index contributed by atoms with van der Waals surface area (Å²) in [4.78, 5) is 37.8. The molecule has 7 nitrogen and oxygen atoms in total. The standard InChI is InChI=1S/C26H23N3O4/c1-2-16-29-25(31)22-11-7-6-10-21(22)23(28-29)26(32)33-17-18-12-14-19(15-13-18)24(30)27-20-8-4-3-5-9-20/h3-15H,2,16-17H2,1H3,(H,27,30). The van der Waals surface area contributed by atoms with Crippen molar-refractivity contribution in [3.63, 3.8) is 0 Å². The molecule has 1 aromatic heterocycles. The molecule has 4 rings (SSSR count). The first-order chi connectivity index (χ1) is 16.1. The van der Waals surface area contributed by atoms with Crippen molar-refractivity contribution >= 4 is 28.3 Å². The van der Waals surface area contributed by atoms with E-state index >= 15 is 0 Å². The molecule has 0 unspecified atom stereocenters. The Hall–Kier alpha value is -4.26. The van der Waals surface area contributed by atoms with E-state index in [0.29, 0.717) is 35.0 Å². The number of carbonyl (C=O) groups excluding carboxylic acids is 2. The number of aromatic nitrogens is 2. The molecule has 33 heavy (non-hydrogen) atoms. The van der Waals surface area contributed by atoms with Crippen LogP contribution < -0.4 is 10.9 Å². The summed E-state index contributed by atoms with van der Waals surface area (Å²) in [6, 6.07) is 22.9. The lowest BCUT2D eigenvalue weighted by molar-refractivity contribution is 0.0465. The molecule has 0 bridgehead atoms. The first-order valence-corrected chi connectivity index (χ1v) is 10.7. The number of nitrogens with one attached hydrogen (secondary N) is 1. The summed E-state index contributed by atoms with van der Waals surface area (Å²) in [6.45, 7) is 2.36. The largest absolute Gasteiger partial charge is 0.456 e. The van der Waals surface area contributed by atoms with Gasteiger partial charge in [0.1, 0.15) is 6.61 Å². The highest BCUT2D eigenvalue weighted by atomic mass is 16.5. The predicted molar refractivity (Wildman–Crippen MR) is 126 cm³/mol. The maximum atomic E-state index is 12.8. The molecule has 1 amide bonds. The average Bonchev–Trinajstić information content (AvgIpc) is 2.85. The minimum Gasteiger partial charge on any atom is -0.456 e. The molecule has 4 aromatic rings. The van der Waals surface area contributed by atoms with Crippen LogP contribution in [-0.4, -0.2) is 21.7 Å². The van der Waals surface area contributed by atoms with Gasteiger partial charge in [-0.2, -0.15) is 5.10 Å². The molecule has 0 radical (unpaired) electrons. The second kappa shape index (κ2) is 9.91. The number of hydrogen-bond donors (Lipinski definition) is 1. The van der Waals surface area contributed by atoms with Crippen molar-refractivity contribution in [1.82, 2.24) is 9.78 Å². The smallest absolute Gasteiger partial charge is 0.359 e. The number of para-hydroxylation sites is 1. The van der Waals surface area contributed by atoms with E-state index in [2.05, 4.69) is 10.4 Å². The fraction of sp³-hybridized carbons (Fsp3) is 0.154. The molecule has 166 valence electrons. The van der Waals surface area contributed by atoms with Gasteiger partial charge < -0.3 is 10.1 Å². The number of benzene rings is 3. The van der Waals surface area contributed by atoms with Crippen LogP contribution in [0.25, 0.3) is 10.8 Å². The van der Waals surface area contributed by atoms with Gasteiger partial charge in [0.15, 0.2) is 5.69 Å². The molecule has 0 saturated heterocycles. The Morgan fingerprint density at radius 1 is 0.909 bits per heavy atom. The van der Waals surface area contributed by atoms with E-state index in [1.165, 1.54) is 4.68 Å². The molecule has 0 fully saturated rings. The summed E-state index contributed by atoms with van der Waals surface area (Å²) in [6.07, 6.45) is 0.712. The van der Waals surface area contributed by atoms with Gasteiger partial charge in [-0.3, -0.25) is 9.59 Å². The zero-order chi connectivity index (χ0) is 23.2. The first kappa shape index (κ1) is 22.0. The summed E-state index contributed by atoms with van der Waals surface area (Å²) in [5, 5.41) is 7.98. The maximum Gasteiger partial charge on any atom is 0.359 e. The lowest BCUT2D eigenvalue weighted by Crippen LogP contribution is -2.26. The van der Waals surface area contributed by atoms with Crippen LogP contribution >= 0.6 is 0 Å². The number of hydrogen-bond acceptors (Lipinski definition) is 5. The van der Waals surface area contributed by atoms with Gasteiger partial charge in [-0.25, -0.2) is 9.48 Å². The Morgan fingerprint density at radius 2 is 1.58 bits per heavy atom. The van der Waals surface area contributed by atoms with Crippen molar-refractivity contribution < 1.29 is 14.3 Å². The van der Waals surface area contributed by atoms with Crippen LogP contribution in [0.4, 0.5) is 5.69 Å². The highest BCUT2D eigenvalue weighted by Crippen LogP contribution is 2.16. The number of nitrogens with zero attached hydrogens (tertiary/aromatic N) is 2. The van der Waals surface area contributed by atoms with Crippen molar-refractivity contribution in [1.29, 1.82) is 0 Å². The Labute approximate surface area is 190 Å². The quantitative estimate of drug-likeness (QED) is 0.429. The summed E-state index contributed by atoms with van der Waals surface area (Å²) < 4.78 is 6.78. The van der Waals surface area contributed by atoms with E-state index in [1.807, 2.05) is 37.3 Å². The molecule has 0 spiro atoms. The van der Waals surface area contributed by atoms with Crippen LogP contribution in [0.1, 0.15) is 39.8 Å². The second-order valence-corrected chi connectivity index (χ2v) is 7.52. The molecule has 0 atom stereocenters. The molecule has 7 heteroatoms. The van der Waals surface area contributed by atoms with E-state index in [9.17, 15) is 14.4 Å². The number of rotatable bonds is 7. The van der Waals surface area contributed by atoms with Gasteiger partial charge in [-0.15, -0.1) is 0 Å². The van der Waals surface area contributed by atoms with Crippen molar-refractivity contribution in [3.05, 3.63) is 106 Å².